The van der Waals surface area contributed by atoms with E-state index in [9.17, 15) is 20.0 Å². The number of hydrogen-bond acceptors (Lipinski definition) is 7. The normalized spacial score (nSPS) is 17.1. The van der Waals surface area contributed by atoms with Crippen molar-refractivity contribution in [2.24, 2.45) is 4.99 Å². The van der Waals surface area contributed by atoms with Crippen LogP contribution in [0, 0.1) is 10.1 Å². The Bertz CT molecular complexity index is 1680. The van der Waals surface area contributed by atoms with E-state index in [1.165, 1.54) is 41.2 Å². The Hall–Kier alpha value is -3.82. The summed E-state index contributed by atoms with van der Waals surface area (Å²) in [7, 11) is 0. The second-order valence-electron chi connectivity index (χ2n) is 8.13. The van der Waals surface area contributed by atoms with Gasteiger partial charge in [-0.3, -0.25) is 19.5 Å². The highest BCUT2D eigenvalue weighted by molar-refractivity contribution is 7.10. The molecule has 3 heterocycles. The zero-order chi connectivity index (χ0) is 23.4. The molecule has 1 N–H and O–H groups in total. The van der Waals surface area contributed by atoms with Crippen molar-refractivity contribution in [3.05, 3.63) is 117 Å². The van der Waals surface area contributed by atoms with Gasteiger partial charge in [-0.15, -0.1) is 11.3 Å². The Morgan fingerprint density at radius 3 is 2.79 bits per heavy atom. The summed E-state index contributed by atoms with van der Waals surface area (Å²) in [4.78, 5) is 30.9. The maximum absolute atomic E-state index is 13.6. The van der Waals surface area contributed by atoms with E-state index in [0.717, 1.165) is 34.6 Å². The number of hydrogen-bond donors (Lipinski definition) is 1. The predicted molar refractivity (Wildman–Crippen MR) is 132 cm³/mol. The molecule has 0 fully saturated rings. The minimum Gasteiger partial charge on any atom is -0.507 e. The maximum atomic E-state index is 13.6. The lowest BCUT2D eigenvalue weighted by Gasteiger charge is -2.30. The van der Waals surface area contributed by atoms with E-state index in [1.807, 2.05) is 29.6 Å². The first-order chi connectivity index (χ1) is 16.5. The van der Waals surface area contributed by atoms with Crippen molar-refractivity contribution in [1.82, 2.24) is 4.57 Å². The minimum atomic E-state index is -0.527. The number of nitrogens with zero attached hydrogens (tertiary/aromatic N) is 3. The number of phenols is 1. The van der Waals surface area contributed by atoms with Gasteiger partial charge < -0.3 is 5.11 Å². The molecule has 2 aromatic carbocycles. The zero-order valence-corrected chi connectivity index (χ0v) is 19.3. The number of benzene rings is 2. The standard InChI is InChI=1S/C25H17N3O4S2/c29-19-10-8-16(28(31)32)12-15(19)13-21-24(30)27-23(20-6-3-11-33-20)18-9-7-14-4-1-2-5-17(14)22(18)26-25(27)34-21/h1-6,8,10-13,23,29H,7,9H2/b21-13+/t23-/m1/s1. The number of aromatic nitrogens is 1. The third kappa shape index (κ3) is 3.24. The lowest BCUT2D eigenvalue weighted by atomic mass is 9.85. The van der Waals surface area contributed by atoms with Gasteiger partial charge >= 0.3 is 0 Å². The van der Waals surface area contributed by atoms with Crippen molar-refractivity contribution in [2.75, 3.05) is 0 Å². The SMILES string of the molecule is O=c1/c(=C\c2cc([N+](=O)[O-])ccc2O)sc2n1[C@@H](c1cccs1)C1=C(N=2)c2ccccc2CC1. The Kier molecular flexibility index (Phi) is 4.82. The number of non-ortho nitro benzene ring substituents is 1. The second kappa shape index (κ2) is 7.89. The van der Waals surface area contributed by atoms with E-state index in [1.54, 1.807) is 15.9 Å². The van der Waals surface area contributed by atoms with E-state index in [-0.39, 0.29) is 28.6 Å². The fourth-order valence-corrected chi connectivity index (χ4v) is 6.47. The fourth-order valence-electron chi connectivity index (χ4n) is 4.63. The molecule has 4 aromatic rings. The summed E-state index contributed by atoms with van der Waals surface area (Å²) in [6.07, 6.45) is 3.21. The van der Waals surface area contributed by atoms with Gasteiger partial charge in [-0.25, -0.2) is 4.99 Å². The van der Waals surface area contributed by atoms with Crippen LogP contribution in [0.1, 0.15) is 34.0 Å². The quantitative estimate of drug-likeness (QED) is 0.349. The Labute approximate surface area is 201 Å². The molecule has 0 spiro atoms. The first-order valence-corrected chi connectivity index (χ1v) is 12.3. The topological polar surface area (TPSA) is 97.7 Å². The Morgan fingerprint density at radius 1 is 1.15 bits per heavy atom. The van der Waals surface area contributed by atoms with Gasteiger partial charge in [0.05, 0.1) is 21.2 Å². The van der Waals surface area contributed by atoms with Crippen molar-refractivity contribution in [3.8, 4) is 5.75 Å². The molecule has 0 radical (unpaired) electrons. The van der Waals surface area contributed by atoms with Gasteiger partial charge in [0.2, 0.25) is 0 Å². The number of fused-ring (bicyclic) bond motifs is 3. The van der Waals surface area contributed by atoms with E-state index >= 15 is 0 Å². The van der Waals surface area contributed by atoms with Gasteiger partial charge in [0.25, 0.3) is 11.2 Å². The minimum absolute atomic E-state index is 0.125. The van der Waals surface area contributed by atoms with E-state index in [4.69, 9.17) is 4.99 Å². The smallest absolute Gasteiger partial charge is 0.271 e. The molecule has 1 aliphatic heterocycles. The van der Waals surface area contributed by atoms with Gasteiger partial charge in [0.1, 0.15) is 5.75 Å². The summed E-state index contributed by atoms with van der Waals surface area (Å²) in [6.45, 7) is 0. The number of rotatable bonds is 3. The van der Waals surface area contributed by atoms with Crippen LogP contribution in [0.3, 0.4) is 0 Å². The predicted octanol–water partition coefficient (Wildman–Crippen LogP) is 3.99. The fraction of sp³-hybridized carbons (Fsp3) is 0.120. The van der Waals surface area contributed by atoms with Crippen molar-refractivity contribution >= 4 is 40.1 Å². The number of phenolic OH excluding ortho intramolecular Hbond substituents is 1. The molecule has 0 saturated heterocycles. The van der Waals surface area contributed by atoms with Gasteiger partial charge in [0, 0.05) is 28.1 Å². The first-order valence-electron chi connectivity index (χ1n) is 10.6. The number of nitro groups is 1. The summed E-state index contributed by atoms with van der Waals surface area (Å²) in [5.41, 5.74) is 4.24. The molecule has 0 bridgehead atoms. The molecule has 9 heteroatoms. The van der Waals surface area contributed by atoms with Crippen LogP contribution in [-0.4, -0.2) is 14.6 Å². The zero-order valence-electron chi connectivity index (χ0n) is 17.7. The average Bonchev–Trinajstić information content (AvgIpc) is 3.47. The van der Waals surface area contributed by atoms with Gasteiger partial charge in [0.15, 0.2) is 4.80 Å². The van der Waals surface area contributed by atoms with E-state index in [0.29, 0.717) is 9.33 Å². The molecule has 2 aliphatic rings. The molecule has 0 unspecified atom stereocenters. The summed E-state index contributed by atoms with van der Waals surface area (Å²) >= 11 is 2.83. The highest BCUT2D eigenvalue weighted by Crippen LogP contribution is 2.42. The summed E-state index contributed by atoms with van der Waals surface area (Å²) < 4.78 is 2.09. The van der Waals surface area contributed by atoms with Gasteiger partial charge in [-0.1, -0.05) is 41.7 Å². The summed E-state index contributed by atoms with van der Waals surface area (Å²) in [5.74, 6) is -0.125. The molecule has 2 aromatic heterocycles. The number of thiophene rings is 1. The molecule has 1 aliphatic carbocycles. The average molecular weight is 488 g/mol. The molecule has 0 saturated carbocycles. The highest BCUT2D eigenvalue weighted by atomic mass is 32.1. The van der Waals surface area contributed by atoms with Crippen molar-refractivity contribution < 1.29 is 10.0 Å². The van der Waals surface area contributed by atoms with Crippen LogP contribution in [0.4, 0.5) is 5.69 Å². The van der Waals surface area contributed by atoms with Crippen molar-refractivity contribution in [3.63, 3.8) is 0 Å². The second-order valence-corrected chi connectivity index (χ2v) is 10.1. The lowest BCUT2D eigenvalue weighted by Crippen LogP contribution is -2.38. The van der Waals surface area contributed by atoms with E-state index in [2.05, 4.69) is 12.1 Å². The molecule has 6 rings (SSSR count). The van der Waals surface area contributed by atoms with Gasteiger partial charge in [-0.05, 0) is 47.6 Å². The van der Waals surface area contributed by atoms with E-state index < -0.39 is 4.92 Å². The number of nitro benzene ring substituents is 1. The van der Waals surface area contributed by atoms with Crippen molar-refractivity contribution in [1.29, 1.82) is 0 Å². The maximum Gasteiger partial charge on any atom is 0.271 e. The number of thiazole rings is 1. The molecule has 1 atom stereocenters. The molecule has 34 heavy (non-hydrogen) atoms. The summed E-state index contributed by atoms with van der Waals surface area (Å²) in [5, 5.41) is 23.5. The number of allylic oxidation sites excluding steroid dienone is 1. The Balaban J connectivity index is 1.61. The largest absolute Gasteiger partial charge is 0.507 e. The molecule has 168 valence electrons. The third-order valence-electron chi connectivity index (χ3n) is 6.19. The summed E-state index contributed by atoms with van der Waals surface area (Å²) in [6, 6.07) is 15.8. The van der Waals surface area contributed by atoms with Crippen LogP contribution in [0.25, 0.3) is 11.8 Å². The third-order valence-corrected chi connectivity index (χ3v) is 8.10. The highest BCUT2D eigenvalue weighted by Gasteiger charge is 2.33. The first kappa shape index (κ1) is 20.8. The van der Waals surface area contributed by atoms with Crippen LogP contribution < -0.4 is 14.9 Å². The van der Waals surface area contributed by atoms with Crippen LogP contribution >= 0.6 is 22.7 Å². The number of aromatic hydroxyl groups is 1. The van der Waals surface area contributed by atoms with Crippen LogP contribution in [0.2, 0.25) is 0 Å². The van der Waals surface area contributed by atoms with Crippen LogP contribution in [-0.2, 0) is 6.42 Å². The Morgan fingerprint density at radius 2 is 2.00 bits per heavy atom. The monoisotopic (exact) mass is 487 g/mol. The molecular weight excluding hydrogens is 470 g/mol. The van der Waals surface area contributed by atoms with Crippen LogP contribution in [0.15, 0.2) is 75.3 Å². The number of aryl methyl sites for hydroxylation is 1. The molecule has 0 amide bonds. The lowest BCUT2D eigenvalue weighted by molar-refractivity contribution is -0.384. The molecular formula is C25H17N3O4S2. The molecule has 7 nitrogen and oxygen atoms in total. The van der Waals surface area contributed by atoms with Crippen LogP contribution in [0.5, 0.6) is 5.75 Å². The van der Waals surface area contributed by atoms with Gasteiger partial charge in [-0.2, -0.15) is 0 Å². The van der Waals surface area contributed by atoms with Crippen molar-refractivity contribution in [2.45, 2.75) is 18.9 Å².